The van der Waals surface area contributed by atoms with E-state index in [1.54, 1.807) is 0 Å². The monoisotopic (exact) mass is 428 g/mol. The van der Waals surface area contributed by atoms with E-state index in [9.17, 15) is 9.90 Å². The molecule has 0 fully saturated rings. The summed E-state index contributed by atoms with van der Waals surface area (Å²) in [5.74, 6) is 1.03. The van der Waals surface area contributed by atoms with Gasteiger partial charge >= 0.3 is 0 Å². The lowest BCUT2D eigenvalue weighted by Gasteiger charge is -2.24. The number of nitrogens with one attached hydrogen (secondary N) is 3. The highest BCUT2D eigenvalue weighted by molar-refractivity contribution is 6.31. The minimum Gasteiger partial charge on any atom is -0.394 e. The second-order valence-electron chi connectivity index (χ2n) is 8.08. The van der Waals surface area contributed by atoms with Crippen LogP contribution in [0.25, 0.3) is 11.1 Å². The molecule has 0 saturated heterocycles. The summed E-state index contributed by atoms with van der Waals surface area (Å²) in [7, 11) is 0. The van der Waals surface area contributed by atoms with Crippen LogP contribution in [0.2, 0.25) is 0 Å². The molecule has 0 aliphatic heterocycles. The van der Waals surface area contributed by atoms with Crippen LogP contribution in [0.3, 0.4) is 0 Å². The van der Waals surface area contributed by atoms with Crippen molar-refractivity contribution in [2.75, 3.05) is 18.5 Å². The van der Waals surface area contributed by atoms with Gasteiger partial charge in [0.2, 0.25) is 0 Å². The molecular weight excluding hydrogens is 400 g/mol. The van der Waals surface area contributed by atoms with Gasteiger partial charge in [-0.1, -0.05) is 37.6 Å². The minimum absolute atomic E-state index is 0.0390. The van der Waals surface area contributed by atoms with Crippen LogP contribution < -0.4 is 10.6 Å². The van der Waals surface area contributed by atoms with E-state index in [0.717, 1.165) is 35.5 Å². The Balaban J connectivity index is 1.73. The largest absolute Gasteiger partial charge is 0.394 e. The number of amides is 1. The third kappa shape index (κ3) is 5.52. The van der Waals surface area contributed by atoms with Gasteiger partial charge in [0.1, 0.15) is 11.5 Å². The Morgan fingerprint density at radius 1 is 1.40 bits per heavy atom. The lowest BCUT2D eigenvalue weighted by molar-refractivity contribution is 0.0895. The SMILES string of the molecule is Cc1cnc(NCC(C)C)cc1-c1c[nH]c(C(=O)N[C@H](CO)C2C=C(Cl)C=CC2)c1. The van der Waals surface area contributed by atoms with Gasteiger partial charge in [0.15, 0.2) is 0 Å². The number of hydrogen-bond acceptors (Lipinski definition) is 4. The van der Waals surface area contributed by atoms with Crippen LogP contribution in [0, 0.1) is 18.8 Å². The van der Waals surface area contributed by atoms with E-state index in [2.05, 4.69) is 34.4 Å². The molecule has 0 saturated carbocycles. The van der Waals surface area contributed by atoms with Crippen molar-refractivity contribution in [1.29, 1.82) is 0 Å². The molecule has 6 nitrogen and oxygen atoms in total. The number of carbonyl (C=O) groups is 1. The summed E-state index contributed by atoms with van der Waals surface area (Å²) in [4.78, 5) is 20.3. The van der Waals surface area contributed by atoms with Crippen molar-refractivity contribution in [3.63, 3.8) is 0 Å². The van der Waals surface area contributed by atoms with Crippen LogP contribution in [-0.2, 0) is 0 Å². The predicted molar refractivity (Wildman–Crippen MR) is 122 cm³/mol. The number of aliphatic hydroxyl groups is 1. The second kappa shape index (κ2) is 9.96. The van der Waals surface area contributed by atoms with Crippen molar-refractivity contribution < 1.29 is 9.90 Å². The number of aromatic nitrogens is 2. The molecule has 4 N–H and O–H groups in total. The first-order valence-electron chi connectivity index (χ1n) is 10.2. The summed E-state index contributed by atoms with van der Waals surface area (Å²) in [5.41, 5.74) is 3.39. The molecule has 2 aromatic heterocycles. The number of carbonyl (C=O) groups excluding carboxylic acids is 1. The van der Waals surface area contributed by atoms with Gasteiger partial charge in [0, 0.05) is 35.5 Å². The Hall–Kier alpha value is -2.57. The van der Waals surface area contributed by atoms with Gasteiger partial charge in [-0.05, 0) is 48.6 Å². The van der Waals surface area contributed by atoms with E-state index in [1.165, 1.54) is 0 Å². The van der Waals surface area contributed by atoms with E-state index in [0.29, 0.717) is 16.6 Å². The molecule has 0 radical (unpaired) electrons. The molecule has 1 aliphatic rings. The van der Waals surface area contributed by atoms with Crippen molar-refractivity contribution in [1.82, 2.24) is 15.3 Å². The van der Waals surface area contributed by atoms with Crippen molar-refractivity contribution >= 4 is 23.3 Å². The topological polar surface area (TPSA) is 90.0 Å². The summed E-state index contributed by atoms with van der Waals surface area (Å²) in [6, 6.07) is 3.42. The fourth-order valence-electron chi connectivity index (χ4n) is 3.40. The third-order valence-electron chi connectivity index (χ3n) is 5.12. The predicted octanol–water partition coefficient (Wildman–Crippen LogP) is 4.24. The third-order valence-corrected chi connectivity index (χ3v) is 5.37. The van der Waals surface area contributed by atoms with Gasteiger partial charge in [-0.3, -0.25) is 4.79 Å². The molecule has 3 rings (SSSR count). The Morgan fingerprint density at radius 3 is 2.90 bits per heavy atom. The highest BCUT2D eigenvalue weighted by atomic mass is 35.5. The fourth-order valence-corrected chi connectivity index (χ4v) is 3.65. The Morgan fingerprint density at radius 2 is 2.20 bits per heavy atom. The molecule has 0 aromatic carbocycles. The summed E-state index contributed by atoms with van der Waals surface area (Å²) >= 11 is 6.07. The highest BCUT2D eigenvalue weighted by Gasteiger charge is 2.23. The van der Waals surface area contributed by atoms with Crippen LogP contribution in [0.1, 0.15) is 36.3 Å². The number of nitrogens with zero attached hydrogens (tertiary/aromatic N) is 1. The molecule has 160 valence electrons. The van der Waals surface area contributed by atoms with E-state index >= 15 is 0 Å². The Kier molecular flexibility index (Phi) is 7.34. The molecule has 1 aliphatic carbocycles. The molecule has 2 atom stereocenters. The zero-order valence-corrected chi connectivity index (χ0v) is 18.3. The van der Waals surface area contributed by atoms with Crippen LogP contribution in [0.5, 0.6) is 0 Å². The smallest absolute Gasteiger partial charge is 0.268 e. The van der Waals surface area contributed by atoms with Crippen LogP contribution in [-0.4, -0.2) is 40.2 Å². The fraction of sp³-hybridized carbons (Fsp3) is 0.391. The standard InChI is InChI=1S/C23H29ClN4O2/c1-14(2)10-26-22-9-19(15(3)11-27-22)17-8-20(25-12-17)23(30)28-21(13-29)16-5-4-6-18(24)7-16/h4,6-9,11-12,14,16,21,25,29H,5,10,13H2,1-3H3,(H,26,27)(H,28,30)/t16?,21-/m1/s1. The zero-order valence-electron chi connectivity index (χ0n) is 17.6. The van der Waals surface area contributed by atoms with E-state index in [4.69, 9.17) is 11.6 Å². The maximum absolute atomic E-state index is 12.8. The number of aliphatic hydroxyl groups excluding tert-OH is 1. The van der Waals surface area contributed by atoms with Crippen molar-refractivity contribution in [3.05, 3.63) is 59.0 Å². The molecule has 2 heterocycles. The quantitative estimate of drug-likeness (QED) is 0.506. The number of hydrogen-bond donors (Lipinski definition) is 4. The van der Waals surface area contributed by atoms with Crippen molar-refractivity contribution in [2.45, 2.75) is 33.2 Å². The number of aromatic amines is 1. The lowest BCUT2D eigenvalue weighted by Crippen LogP contribution is -2.42. The number of halogens is 1. The molecule has 2 aromatic rings. The lowest BCUT2D eigenvalue weighted by atomic mass is 9.93. The van der Waals surface area contributed by atoms with Gasteiger partial charge in [0.25, 0.3) is 5.91 Å². The van der Waals surface area contributed by atoms with Crippen molar-refractivity contribution in [2.24, 2.45) is 11.8 Å². The minimum atomic E-state index is -0.405. The number of anilines is 1. The van der Waals surface area contributed by atoms with Gasteiger partial charge < -0.3 is 20.7 Å². The molecule has 7 heteroatoms. The highest BCUT2D eigenvalue weighted by Crippen LogP contribution is 2.27. The van der Waals surface area contributed by atoms with Crippen molar-refractivity contribution in [3.8, 4) is 11.1 Å². The molecule has 0 bridgehead atoms. The Bertz CT molecular complexity index is 948. The number of allylic oxidation sites excluding steroid dienone is 3. The number of H-pyrrole nitrogens is 1. The zero-order chi connectivity index (χ0) is 21.7. The molecular formula is C23H29ClN4O2. The first-order chi connectivity index (χ1) is 14.4. The van der Waals surface area contributed by atoms with Gasteiger partial charge in [-0.2, -0.15) is 0 Å². The molecule has 30 heavy (non-hydrogen) atoms. The van der Waals surface area contributed by atoms with Gasteiger partial charge in [-0.15, -0.1) is 0 Å². The summed E-state index contributed by atoms with van der Waals surface area (Å²) in [6.07, 6.45) is 10.0. The maximum atomic E-state index is 12.8. The van der Waals surface area contributed by atoms with Gasteiger partial charge in [-0.25, -0.2) is 4.98 Å². The molecule has 1 unspecified atom stereocenters. The van der Waals surface area contributed by atoms with E-state index in [-0.39, 0.29) is 18.4 Å². The van der Waals surface area contributed by atoms with Crippen LogP contribution >= 0.6 is 11.6 Å². The molecule has 0 spiro atoms. The van der Waals surface area contributed by atoms with E-state index in [1.807, 2.05) is 49.7 Å². The molecule has 1 amide bonds. The number of aryl methyl sites for hydroxylation is 1. The summed E-state index contributed by atoms with van der Waals surface area (Å²) in [6.45, 7) is 6.97. The average Bonchev–Trinajstić information content (AvgIpc) is 3.21. The first-order valence-corrected chi connectivity index (χ1v) is 10.6. The normalized spacial score (nSPS) is 17.0. The van der Waals surface area contributed by atoms with Crippen LogP contribution in [0.15, 0.2) is 47.8 Å². The number of pyridine rings is 1. The first kappa shape index (κ1) is 22.1. The summed E-state index contributed by atoms with van der Waals surface area (Å²) in [5, 5.41) is 16.6. The average molecular weight is 429 g/mol. The number of rotatable bonds is 8. The van der Waals surface area contributed by atoms with E-state index < -0.39 is 6.04 Å². The van der Waals surface area contributed by atoms with Gasteiger partial charge in [0.05, 0.1) is 12.6 Å². The second-order valence-corrected chi connectivity index (χ2v) is 8.51. The Labute approximate surface area is 182 Å². The maximum Gasteiger partial charge on any atom is 0.268 e. The summed E-state index contributed by atoms with van der Waals surface area (Å²) < 4.78 is 0. The van der Waals surface area contributed by atoms with Crippen LogP contribution in [0.4, 0.5) is 5.82 Å².